The number of likely N-dealkylation sites (tertiary alicyclic amines) is 1. The van der Waals surface area contributed by atoms with Crippen LogP contribution in [0.4, 0.5) is 4.79 Å². The number of ether oxygens (including phenoxy) is 2. The van der Waals surface area contributed by atoms with Crippen molar-refractivity contribution in [3.05, 3.63) is 0 Å². The van der Waals surface area contributed by atoms with Gasteiger partial charge in [-0.25, -0.2) is 4.79 Å². The first-order valence-corrected chi connectivity index (χ1v) is 5.91. The highest BCUT2D eigenvalue weighted by Gasteiger charge is 2.58. The number of fused-ring (bicyclic) bond motifs is 1. The molecule has 0 bridgehead atoms. The zero-order valence-corrected chi connectivity index (χ0v) is 10.7. The highest BCUT2D eigenvalue weighted by molar-refractivity contribution is 5.77. The molecule has 1 saturated heterocycles. The Bertz CT molecular complexity index is 347. The third-order valence-electron chi connectivity index (χ3n) is 3.25. The number of esters is 1. The van der Waals surface area contributed by atoms with Gasteiger partial charge in [0.2, 0.25) is 0 Å². The van der Waals surface area contributed by atoms with Gasteiger partial charge in [0.05, 0.1) is 13.0 Å². The number of carbonyl (C=O) groups is 2. The van der Waals surface area contributed by atoms with Gasteiger partial charge in [-0.15, -0.1) is 0 Å². The van der Waals surface area contributed by atoms with Crippen LogP contribution in [0.1, 0.15) is 27.2 Å². The van der Waals surface area contributed by atoms with E-state index in [1.54, 1.807) is 4.90 Å². The normalized spacial score (nSPS) is 30.8. The molecule has 0 unspecified atom stereocenters. The lowest BCUT2D eigenvalue weighted by molar-refractivity contribution is -0.145. The van der Waals surface area contributed by atoms with E-state index in [1.165, 1.54) is 7.11 Å². The van der Waals surface area contributed by atoms with Crippen molar-refractivity contribution in [1.82, 2.24) is 4.90 Å². The fourth-order valence-corrected chi connectivity index (χ4v) is 2.40. The summed E-state index contributed by atoms with van der Waals surface area (Å²) in [5.41, 5.74) is -0.495. The number of hydrogen-bond acceptors (Lipinski definition) is 4. The number of piperidine rings is 1. The first-order chi connectivity index (χ1) is 7.83. The standard InChI is InChI=1S/C12H19NO4/c1-12(2,3)17-11(15)13-6-8(10(14)16-4)7-5-9(7)13/h7-9H,5-6H2,1-4H3/t7-,8-,9+/m1/s1. The minimum absolute atomic E-state index is 0.169. The summed E-state index contributed by atoms with van der Waals surface area (Å²) in [5.74, 6) is -0.115. The molecule has 1 saturated carbocycles. The Hall–Kier alpha value is -1.26. The zero-order valence-electron chi connectivity index (χ0n) is 10.7. The molecule has 3 atom stereocenters. The molecule has 0 N–H and O–H groups in total. The SMILES string of the molecule is COC(=O)[C@@H]1CN(C(=O)OC(C)(C)C)[C@H]2C[C@H]12. The maximum absolute atomic E-state index is 11.9. The van der Waals surface area contributed by atoms with Crippen LogP contribution in [0, 0.1) is 11.8 Å². The second-order valence-electron chi connectivity index (χ2n) is 5.73. The maximum Gasteiger partial charge on any atom is 0.410 e. The Labute approximate surface area is 101 Å². The van der Waals surface area contributed by atoms with E-state index in [9.17, 15) is 9.59 Å². The van der Waals surface area contributed by atoms with Crippen molar-refractivity contribution in [3.63, 3.8) is 0 Å². The van der Waals surface area contributed by atoms with Gasteiger partial charge < -0.3 is 14.4 Å². The van der Waals surface area contributed by atoms with E-state index in [0.717, 1.165) is 6.42 Å². The van der Waals surface area contributed by atoms with Crippen LogP contribution >= 0.6 is 0 Å². The lowest BCUT2D eigenvalue weighted by Crippen LogP contribution is -2.38. The lowest BCUT2D eigenvalue weighted by atomic mass is 10.1. The van der Waals surface area contributed by atoms with E-state index >= 15 is 0 Å². The molecule has 0 aromatic heterocycles. The molecule has 5 heteroatoms. The first kappa shape index (κ1) is 12.2. The molecule has 1 amide bonds. The molecular weight excluding hydrogens is 222 g/mol. The predicted octanol–water partition coefficient (Wildman–Crippen LogP) is 1.41. The molecule has 1 aliphatic carbocycles. The second-order valence-corrected chi connectivity index (χ2v) is 5.73. The van der Waals surface area contributed by atoms with Crippen LogP contribution < -0.4 is 0 Å². The van der Waals surface area contributed by atoms with Crippen molar-refractivity contribution in [1.29, 1.82) is 0 Å². The van der Waals surface area contributed by atoms with Crippen molar-refractivity contribution < 1.29 is 19.1 Å². The molecule has 2 aliphatic rings. The summed E-state index contributed by atoms with van der Waals surface area (Å²) in [6.07, 6.45) is 0.565. The van der Waals surface area contributed by atoms with E-state index in [0.29, 0.717) is 6.54 Å². The molecule has 96 valence electrons. The third kappa shape index (κ3) is 2.37. The Morgan fingerprint density at radius 2 is 1.94 bits per heavy atom. The van der Waals surface area contributed by atoms with E-state index < -0.39 is 5.60 Å². The fourth-order valence-electron chi connectivity index (χ4n) is 2.40. The first-order valence-electron chi connectivity index (χ1n) is 5.91. The number of methoxy groups -OCH3 is 1. The molecule has 2 fully saturated rings. The summed E-state index contributed by atoms with van der Waals surface area (Å²) in [4.78, 5) is 25.1. The van der Waals surface area contributed by atoms with Crippen molar-refractivity contribution in [3.8, 4) is 0 Å². The van der Waals surface area contributed by atoms with Gasteiger partial charge in [0.1, 0.15) is 5.60 Å². The highest BCUT2D eigenvalue weighted by Crippen LogP contribution is 2.49. The molecule has 0 aromatic carbocycles. The van der Waals surface area contributed by atoms with Crippen LogP contribution in [0.25, 0.3) is 0 Å². The summed E-state index contributed by atoms with van der Waals surface area (Å²) in [6.45, 7) is 5.94. The van der Waals surface area contributed by atoms with Gasteiger partial charge in [-0.3, -0.25) is 4.79 Å². The molecule has 0 radical (unpaired) electrons. The molecular formula is C12H19NO4. The van der Waals surface area contributed by atoms with Gasteiger partial charge in [-0.1, -0.05) is 0 Å². The van der Waals surface area contributed by atoms with Crippen LogP contribution in [-0.4, -0.2) is 42.3 Å². The predicted molar refractivity (Wildman–Crippen MR) is 60.3 cm³/mol. The third-order valence-corrected chi connectivity index (χ3v) is 3.25. The summed E-state index contributed by atoms with van der Waals surface area (Å²) >= 11 is 0. The average Bonchev–Trinajstić information content (AvgIpc) is 2.89. The molecule has 5 nitrogen and oxygen atoms in total. The van der Waals surface area contributed by atoms with Gasteiger partial charge in [-0.2, -0.15) is 0 Å². The molecule has 0 aromatic rings. The van der Waals surface area contributed by atoms with Crippen LogP contribution in [-0.2, 0) is 14.3 Å². The van der Waals surface area contributed by atoms with Gasteiger partial charge in [0, 0.05) is 12.6 Å². The molecule has 1 heterocycles. The maximum atomic E-state index is 11.9. The van der Waals surface area contributed by atoms with E-state index in [4.69, 9.17) is 9.47 Å². The van der Waals surface area contributed by atoms with Crippen LogP contribution in [0.15, 0.2) is 0 Å². The topological polar surface area (TPSA) is 55.8 Å². The highest BCUT2D eigenvalue weighted by atomic mass is 16.6. The summed E-state index contributed by atoms with van der Waals surface area (Å²) in [5, 5.41) is 0. The summed E-state index contributed by atoms with van der Waals surface area (Å²) in [6, 6.07) is 0.175. The van der Waals surface area contributed by atoms with Crippen LogP contribution in [0.2, 0.25) is 0 Å². The second kappa shape index (κ2) is 3.89. The lowest BCUT2D eigenvalue weighted by Gasteiger charge is -2.25. The number of rotatable bonds is 1. The zero-order chi connectivity index (χ0) is 12.8. The van der Waals surface area contributed by atoms with Gasteiger partial charge in [0.15, 0.2) is 0 Å². The number of carbonyl (C=O) groups excluding carboxylic acids is 2. The van der Waals surface area contributed by atoms with Gasteiger partial charge in [-0.05, 0) is 33.1 Å². The Balaban J connectivity index is 1.97. The minimum Gasteiger partial charge on any atom is -0.469 e. The smallest absolute Gasteiger partial charge is 0.410 e. The fraction of sp³-hybridized carbons (Fsp3) is 0.833. The van der Waals surface area contributed by atoms with E-state index in [-0.39, 0.29) is 29.9 Å². The van der Waals surface area contributed by atoms with Crippen molar-refractivity contribution >= 4 is 12.1 Å². The van der Waals surface area contributed by atoms with Gasteiger partial charge >= 0.3 is 12.1 Å². The van der Waals surface area contributed by atoms with Crippen molar-refractivity contribution in [2.45, 2.75) is 38.8 Å². The van der Waals surface area contributed by atoms with Crippen molar-refractivity contribution in [2.24, 2.45) is 11.8 Å². The monoisotopic (exact) mass is 241 g/mol. The molecule has 1 aliphatic heterocycles. The average molecular weight is 241 g/mol. The molecule has 2 rings (SSSR count). The minimum atomic E-state index is -0.495. The Kier molecular flexibility index (Phi) is 2.79. The van der Waals surface area contributed by atoms with Gasteiger partial charge in [0.25, 0.3) is 0 Å². The number of hydrogen-bond donors (Lipinski definition) is 0. The largest absolute Gasteiger partial charge is 0.469 e. The van der Waals surface area contributed by atoms with Crippen molar-refractivity contribution in [2.75, 3.05) is 13.7 Å². The Morgan fingerprint density at radius 3 is 2.47 bits per heavy atom. The summed E-state index contributed by atoms with van der Waals surface area (Å²) in [7, 11) is 1.38. The molecule has 17 heavy (non-hydrogen) atoms. The van der Waals surface area contributed by atoms with Crippen LogP contribution in [0.5, 0.6) is 0 Å². The molecule has 0 spiro atoms. The van der Waals surface area contributed by atoms with Crippen LogP contribution in [0.3, 0.4) is 0 Å². The number of nitrogens with zero attached hydrogens (tertiary/aromatic N) is 1. The number of amides is 1. The summed E-state index contributed by atoms with van der Waals surface area (Å²) < 4.78 is 10.1. The van der Waals surface area contributed by atoms with E-state index in [2.05, 4.69) is 0 Å². The Morgan fingerprint density at radius 1 is 1.29 bits per heavy atom. The quantitative estimate of drug-likeness (QED) is 0.651. The van der Waals surface area contributed by atoms with E-state index in [1.807, 2.05) is 20.8 Å².